The van der Waals surface area contributed by atoms with Crippen LogP contribution >= 0.6 is 0 Å². The zero-order valence-corrected chi connectivity index (χ0v) is 11.3. The van der Waals surface area contributed by atoms with Crippen LogP contribution in [0.3, 0.4) is 0 Å². The number of aryl methyl sites for hydroxylation is 2. The summed E-state index contributed by atoms with van der Waals surface area (Å²) in [7, 11) is 1.37. The predicted molar refractivity (Wildman–Crippen MR) is 74.1 cm³/mol. The van der Waals surface area contributed by atoms with Crippen LogP contribution in [0, 0.1) is 0 Å². The van der Waals surface area contributed by atoms with Crippen LogP contribution in [0.1, 0.15) is 18.9 Å². The van der Waals surface area contributed by atoms with Crippen LogP contribution in [0.2, 0.25) is 0 Å². The largest absolute Gasteiger partial charge is 0.453 e. The first-order chi connectivity index (χ1) is 9.26. The third-order valence-electron chi connectivity index (χ3n) is 3.13. The van der Waals surface area contributed by atoms with E-state index < -0.39 is 0 Å². The summed E-state index contributed by atoms with van der Waals surface area (Å²) < 4.78 is 6.67. The second-order valence-corrected chi connectivity index (χ2v) is 4.35. The number of hydrogen-bond acceptors (Lipinski definition) is 3. The van der Waals surface area contributed by atoms with E-state index in [9.17, 15) is 4.79 Å². The quantitative estimate of drug-likeness (QED) is 0.840. The van der Waals surface area contributed by atoms with Crippen LogP contribution in [0.25, 0.3) is 11.0 Å². The summed E-state index contributed by atoms with van der Waals surface area (Å²) in [6.07, 6.45) is 5.42. The van der Waals surface area contributed by atoms with Gasteiger partial charge in [0.1, 0.15) is 5.65 Å². The molecule has 2 aromatic heterocycles. The van der Waals surface area contributed by atoms with Gasteiger partial charge in [-0.05, 0) is 30.5 Å². The molecule has 0 spiro atoms. The summed E-state index contributed by atoms with van der Waals surface area (Å²) in [4.78, 5) is 15.4. The molecule has 0 saturated carbocycles. The molecule has 19 heavy (non-hydrogen) atoms. The summed E-state index contributed by atoms with van der Waals surface area (Å²) in [6.45, 7) is 3.57. The Balaban J connectivity index is 2.02. The van der Waals surface area contributed by atoms with Gasteiger partial charge in [0.05, 0.1) is 7.11 Å². The van der Waals surface area contributed by atoms with Crippen LogP contribution in [0.15, 0.2) is 24.5 Å². The first-order valence-electron chi connectivity index (χ1n) is 6.50. The molecule has 5 nitrogen and oxygen atoms in total. The molecule has 0 atom stereocenters. The maximum Gasteiger partial charge on any atom is 0.406 e. The predicted octanol–water partition coefficient (Wildman–Crippen LogP) is 2.34. The molecule has 2 rings (SSSR count). The van der Waals surface area contributed by atoms with Crippen LogP contribution in [0.4, 0.5) is 4.79 Å². The molecular formula is C14H19N3O2. The van der Waals surface area contributed by atoms with Crippen molar-refractivity contribution >= 4 is 17.1 Å². The molecule has 2 aromatic rings. The molecule has 0 aromatic carbocycles. The molecular weight excluding hydrogens is 242 g/mol. The van der Waals surface area contributed by atoms with Gasteiger partial charge in [-0.2, -0.15) is 0 Å². The van der Waals surface area contributed by atoms with Gasteiger partial charge in [0.25, 0.3) is 0 Å². The highest BCUT2D eigenvalue weighted by atomic mass is 16.5. The summed E-state index contributed by atoms with van der Waals surface area (Å²) in [5, 5.41) is 3.89. The monoisotopic (exact) mass is 261 g/mol. The summed E-state index contributed by atoms with van der Waals surface area (Å²) in [5.74, 6) is 0. The number of pyridine rings is 1. The SMILES string of the molecule is CCc1cn(CCCNC(=O)OC)c2ncccc12. The zero-order valence-electron chi connectivity index (χ0n) is 11.3. The van der Waals surface area contributed by atoms with Crippen LogP contribution in [-0.2, 0) is 17.7 Å². The zero-order chi connectivity index (χ0) is 13.7. The van der Waals surface area contributed by atoms with Gasteiger partial charge in [0.15, 0.2) is 0 Å². The average Bonchev–Trinajstić information content (AvgIpc) is 2.81. The van der Waals surface area contributed by atoms with E-state index in [1.807, 2.05) is 12.3 Å². The lowest BCUT2D eigenvalue weighted by Gasteiger charge is -2.05. The molecule has 0 aliphatic heterocycles. The molecule has 0 aliphatic carbocycles. The van der Waals surface area contributed by atoms with E-state index in [-0.39, 0.29) is 6.09 Å². The van der Waals surface area contributed by atoms with Gasteiger partial charge in [-0.15, -0.1) is 0 Å². The minimum Gasteiger partial charge on any atom is -0.453 e. The highest BCUT2D eigenvalue weighted by Crippen LogP contribution is 2.19. The fraction of sp³-hybridized carbons (Fsp3) is 0.429. The van der Waals surface area contributed by atoms with Gasteiger partial charge in [-0.3, -0.25) is 0 Å². The Hall–Kier alpha value is -2.04. The number of hydrogen-bond donors (Lipinski definition) is 1. The number of nitrogens with zero attached hydrogens (tertiary/aromatic N) is 2. The number of ether oxygens (including phenoxy) is 1. The van der Waals surface area contributed by atoms with Crippen molar-refractivity contribution in [2.24, 2.45) is 0 Å². The van der Waals surface area contributed by atoms with E-state index in [1.165, 1.54) is 18.1 Å². The lowest BCUT2D eigenvalue weighted by atomic mass is 10.2. The molecule has 1 amide bonds. The lowest BCUT2D eigenvalue weighted by Crippen LogP contribution is -2.24. The lowest BCUT2D eigenvalue weighted by molar-refractivity contribution is 0.171. The average molecular weight is 261 g/mol. The van der Waals surface area contributed by atoms with Crippen molar-refractivity contribution in [3.63, 3.8) is 0 Å². The van der Waals surface area contributed by atoms with Gasteiger partial charge >= 0.3 is 6.09 Å². The fourth-order valence-corrected chi connectivity index (χ4v) is 2.16. The molecule has 0 aliphatic rings. The number of fused-ring (bicyclic) bond motifs is 1. The van der Waals surface area contributed by atoms with E-state index in [1.54, 1.807) is 0 Å². The number of carbonyl (C=O) groups excluding carboxylic acids is 1. The first-order valence-corrected chi connectivity index (χ1v) is 6.50. The van der Waals surface area contributed by atoms with Crippen molar-refractivity contribution < 1.29 is 9.53 Å². The Kier molecular flexibility index (Phi) is 4.39. The Morgan fingerprint density at radius 1 is 1.53 bits per heavy atom. The first kappa shape index (κ1) is 13.4. The second kappa shape index (κ2) is 6.22. The Morgan fingerprint density at radius 2 is 2.37 bits per heavy atom. The highest BCUT2D eigenvalue weighted by molar-refractivity contribution is 5.80. The van der Waals surface area contributed by atoms with E-state index >= 15 is 0 Å². The summed E-state index contributed by atoms with van der Waals surface area (Å²) in [5.41, 5.74) is 2.32. The van der Waals surface area contributed by atoms with E-state index in [0.717, 1.165) is 25.0 Å². The molecule has 0 saturated heterocycles. The van der Waals surface area contributed by atoms with Gasteiger partial charge in [0.2, 0.25) is 0 Å². The van der Waals surface area contributed by atoms with Crippen molar-refractivity contribution in [3.8, 4) is 0 Å². The van der Waals surface area contributed by atoms with Crippen molar-refractivity contribution in [2.45, 2.75) is 26.3 Å². The van der Waals surface area contributed by atoms with Crippen molar-refractivity contribution in [3.05, 3.63) is 30.1 Å². The van der Waals surface area contributed by atoms with Crippen molar-refractivity contribution in [1.82, 2.24) is 14.9 Å². The Labute approximate surface area is 112 Å². The van der Waals surface area contributed by atoms with Gasteiger partial charge in [-0.25, -0.2) is 9.78 Å². The van der Waals surface area contributed by atoms with Crippen LogP contribution < -0.4 is 5.32 Å². The Bertz CT molecular complexity index is 563. The number of alkyl carbamates (subject to hydrolysis) is 1. The van der Waals surface area contributed by atoms with E-state index in [4.69, 9.17) is 0 Å². The third-order valence-corrected chi connectivity index (χ3v) is 3.13. The van der Waals surface area contributed by atoms with Crippen LogP contribution in [0.5, 0.6) is 0 Å². The van der Waals surface area contributed by atoms with E-state index in [0.29, 0.717) is 6.54 Å². The maximum atomic E-state index is 10.9. The number of amides is 1. The second-order valence-electron chi connectivity index (χ2n) is 4.35. The van der Waals surface area contributed by atoms with Crippen molar-refractivity contribution in [1.29, 1.82) is 0 Å². The third kappa shape index (κ3) is 3.05. The Morgan fingerprint density at radius 3 is 3.11 bits per heavy atom. The number of nitrogens with one attached hydrogen (secondary N) is 1. The van der Waals surface area contributed by atoms with Gasteiger partial charge < -0.3 is 14.6 Å². The maximum absolute atomic E-state index is 10.9. The minimum absolute atomic E-state index is 0.385. The topological polar surface area (TPSA) is 56.2 Å². The molecule has 0 radical (unpaired) electrons. The number of methoxy groups -OCH3 is 1. The molecule has 1 N–H and O–H groups in total. The standard InChI is InChI=1S/C14H19N3O2/c1-3-11-10-17(9-5-8-16-14(18)19-2)13-12(11)6-4-7-15-13/h4,6-7,10H,3,5,8-9H2,1-2H3,(H,16,18). The minimum atomic E-state index is -0.385. The van der Waals surface area contributed by atoms with E-state index in [2.05, 4.69) is 38.8 Å². The highest BCUT2D eigenvalue weighted by Gasteiger charge is 2.07. The van der Waals surface area contributed by atoms with Crippen LogP contribution in [-0.4, -0.2) is 29.3 Å². The summed E-state index contributed by atoms with van der Waals surface area (Å²) in [6, 6.07) is 4.06. The molecule has 2 heterocycles. The van der Waals surface area contributed by atoms with Crippen molar-refractivity contribution in [2.75, 3.05) is 13.7 Å². The number of carbonyl (C=O) groups is 1. The normalized spacial score (nSPS) is 10.6. The molecule has 0 unspecified atom stereocenters. The fourth-order valence-electron chi connectivity index (χ4n) is 2.16. The molecule has 102 valence electrons. The molecule has 0 bridgehead atoms. The summed E-state index contributed by atoms with van der Waals surface area (Å²) >= 11 is 0. The van der Waals surface area contributed by atoms with Gasteiger partial charge in [0, 0.05) is 30.9 Å². The smallest absolute Gasteiger partial charge is 0.406 e. The molecule has 0 fully saturated rings. The number of rotatable bonds is 5. The molecule has 5 heteroatoms. The number of aromatic nitrogens is 2. The van der Waals surface area contributed by atoms with Gasteiger partial charge in [-0.1, -0.05) is 6.92 Å².